The Morgan fingerprint density at radius 2 is 1.53 bits per heavy atom. The van der Waals surface area contributed by atoms with Gasteiger partial charge in [-0.1, -0.05) is 11.6 Å². The number of phenols is 1. The Kier molecular flexibility index (Phi) is 3.35. The summed E-state index contributed by atoms with van der Waals surface area (Å²) >= 11 is 5.61. The highest BCUT2D eigenvalue weighted by Crippen LogP contribution is 2.24. The fourth-order valence-electron chi connectivity index (χ4n) is 1.18. The second-order valence-corrected chi connectivity index (χ2v) is 3.72. The van der Waals surface area contributed by atoms with Crippen molar-refractivity contribution < 1.29 is 9.50 Å². The first kappa shape index (κ1) is 11.5. The molecule has 0 spiro atoms. The Balaban J connectivity index is 2.20. The van der Waals surface area contributed by atoms with Crippen molar-refractivity contribution in [3.05, 3.63) is 53.3 Å². The monoisotopic (exact) mass is 250 g/mol. The lowest BCUT2D eigenvalue weighted by molar-refractivity contribution is 0.475. The third kappa shape index (κ3) is 3.01. The van der Waals surface area contributed by atoms with Gasteiger partial charge < -0.3 is 5.11 Å². The van der Waals surface area contributed by atoms with Crippen molar-refractivity contribution in [2.45, 2.75) is 0 Å². The molecule has 5 heteroatoms. The van der Waals surface area contributed by atoms with E-state index in [1.807, 2.05) is 0 Å². The quantitative estimate of drug-likeness (QED) is 0.778. The van der Waals surface area contributed by atoms with E-state index in [1.54, 1.807) is 12.1 Å². The van der Waals surface area contributed by atoms with Crippen molar-refractivity contribution in [3.8, 4) is 5.75 Å². The molecule has 2 aromatic rings. The van der Waals surface area contributed by atoms with Gasteiger partial charge in [0.1, 0.15) is 11.6 Å². The van der Waals surface area contributed by atoms with Crippen LogP contribution in [0.5, 0.6) is 5.75 Å². The van der Waals surface area contributed by atoms with E-state index in [2.05, 4.69) is 10.2 Å². The maximum atomic E-state index is 12.9. The topological polar surface area (TPSA) is 45.0 Å². The molecular formula is C12H8ClFN2O. The Labute approximate surface area is 102 Å². The number of rotatable bonds is 2. The Hall–Kier alpha value is -1.94. The predicted molar refractivity (Wildman–Crippen MR) is 63.7 cm³/mol. The standard InChI is InChI=1S/C12H8ClFN2O/c13-11-7-9(3-6-12(11)14)16-15-8-1-4-10(17)5-2-8/h1-7,17H. The molecule has 0 aromatic heterocycles. The molecular weight excluding hydrogens is 243 g/mol. The minimum absolute atomic E-state index is 0.00663. The van der Waals surface area contributed by atoms with E-state index in [0.717, 1.165) is 0 Å². The molecule has 0 fully saturated rings. The molecule has 2 rings (SSSR count). The maximum absolute atomic E-state index is 12.9. The van der Waals surface area contributed by atoms with Gasteiger partial charge in [-0.2, -0.15) is 10.2 Å². The number of aromatic hydroxyl groups is 1. The molecule has 0 aliphatic heterocycles. The van der Waals surface area contributed by atoms with Crippen LogP contribution in [0.4, 0.5) is 15.8 Å². The van der Waals surface area contributed by atoms with Crippen molar-refractivity contribution >= 4 is 23.0 Å². The first-order valence-electron chi connectivity index (χ1n) is 4.81. The number of benzene rings is 2. The highest BCUT2D eigenvalue weighted by atomic mass is 35.5. The van der Waals surface area contributed by atoms with Crippen LogP contribution in [0, 0.1) is 5.82 Å². The lowest BCUT2D eigenvalue weighted by Gasteiger charge is -1.96. The molecule has 0 amide bonds. The molecule has 0 saturated carbocycles. The first-order chi connectivity index (χ1) is 8.15. The van der Waals surface area contributed by atoms with Gasteiger partial charge in [0.2, 0.25) is 0 Å². The summed E-state index contributed by atoms with van der Waals surface area (Å²) in [6.45, 7) is 0. The summed E-state index contributed by atoms with van der Waals surface area (Å²) in [5.74, 6) is -0.330. The zero-order valence-corrected chi connectivity index (χ0v) is 9.39. The van der Waals surface area contributed by atoms with E-state index < -0.39 is 5.82 Å². The van der Waals surface area contributed by atoms with Gasteiger partial charge in [-0.05, 0) is 42.5 Å². The zero-order valence-electron chi connectivity index (χ0n) is 8.64. The molecule has 0 heterocycles. The molecule has 0 atom stereocenters. The Morgan fingerprint density at radius 3 is 2.18 bits per heavy atom. The molecule has 3 nitrogen and oxygen atoms in total. The van der Waals surface area contributed by atoms with Crippen molar-refractivity contribution in [3.63, 3.8) is 0 Å². The highest BCUT2D eigenvalue weighted by molar-refractivity contribution is 6.30. The van der Waals surface area contributed by atoms with E-state index in [4.69, 9.17) is 16.7 Å². The average molecular weight is 251 g/mol. The minimum Gasteiger partial charge on any atom is -0.508 e. The van der Waals surface area contributed by atoms with Gasteiger partial charge in [0.25, 0.3) is 0 Å². The lowest BCUT2D eigenvalue weighted by Crippen LogP contribution is -1.73. The summed E-state index contributed by atoms with van der Waals surface area (Å²) in [6, 6.07) is 10.3. The number of nitrogens with zero attached hydrogens (tertiary/aromatic N) is 2. The van der Waals surface area contributed by atoms with Crippen LogP contribution in [0.25, 0.3) is 0 Å². The molecule has 0 unspecified atom stereocenters. The first-order valence-corrected chi connectivity index (χ1v) is 5.19. The van der Waals surface area contributed by atoms with Gasteiger partial charge in [0, 0.05) is 0 Å². The lowest BCUT2D eigenvalue weighted by atomic mass is 10.3. The average Bonchev–Trinajstić information content (AvgIpc) is 2.33. The third-order valence-corrected chi connectivity index (χ3v) is 2.32. The molecule has 0 radical (unpaired) electrons. The summed E-state index contributed by atoms with van der Waals surface area (Å²) in [4.78, 5) is 0. The summed E-state index contributed by atoms with van der Waals surface area (Å²) in [7, 11) is 0. The zero-order chi connectivity index (χ0) is 12.3. The van der Waals surface area contributed by atoms with Crippen LogP contribution in [0.1, 0.15) is 0 Å². The Morgan fingerprint density at radius 1 is 0.941 bits per heavy atom. The minimum atomic E-state index is -0.491. The number of hydrogen-bond donors (Lipinski definition) is 1. The predicted octanol–water partition coefficient (Wildman–Crippen LogP) is 4.60. The van der Waals surface area contributed by atoms with E-state index in [0.29, 0.717) is 11.4 Å². The molecule has 0 aliphatic rings. The molecule has 0 bridgehead atoms. The highest BCUT2D eigenvalue weighted by Gasteiger charge is 1.99. The second kappa shape index (κ2) is 4.93. The van der Waals surface area contributed by atoms with E-state index in [-0.39, 0.29) is 10.8 Å². The van der Waals surface area contributed by atoms with Gasteiger partial charge in [-0.15, -0.1) is 0 Å². The van der Waals surface area contributed by atoms with Gasteiger partial charge in [-0.25, -0.2) is 4.39 Å². The van der Waals surface area contributed by atoms with Gasteiger partial charge >= 0.3 is 0 Å². The van der Waals surface area contributed by atoms with Gasteiger partial charge in [0.15, 0.2) is 0 Å². The fraction of sp³-hybridized carbons (Fsp3) is 0. The number of phenolic OH excluding ortho intramolecular Hbond substituents is 1. The summed E-state index contributed by atoms with van der Waals surface area (Å²) < 4.78 is 12.9. The van der Waals surface area contributed by atoms with Gasteiger partial charge in [-0.3, -0.25) is 0 Å². The normalized spacial score (nSPS) is 10.9. The number of halogens is 2. The number of hydrogen-bond acceptors (Lipinski definition) is 3. The largest absolute Gasteiger partial charge is 0.508 e. The van der Waals surface area contributed by atoms with Crippen molar-refractivity contribution in [1.82, 2.24) is 0 Å². The van der Waals surface area contributed by atoms with Crippen LogP contribution in [-0.2, 0) is 0 Å². The fourth-order valence-corrected chi connectivity index (χ4v) is 1.36. The van der Waals surface area contributed by atoms with Crippen molar-refractivity contribution in [2.24, 2.45) is 10.2 Å². The maximum Gasteiger partial charge on any atom is 0.141 e. The molecule has 86 valence electrons. The molecule has 2 aromatic carbocycles. The van der Waals surface area contributed by atoms with E-state index in [1.165, 1.54) is 30.3 Å². The van der Waals surface area contributed by atoms with E-state index >= 15 is 0 Å². The van der Waals surface area contributed by atoms with Crippen molar-refractivity contribution in [1.29, 1.82) is 0 Å². The van der Waals surface area contributed by atoms with Crippen LogP contribution >= 0.6 is 11.6 Å². The van der Waals surface area contributed by atoms with Crippen LogP contribution < -0.4 is 0 Å². The SMILES string of the molecule is Oc1ccc(N=Nc2ccc(F)c(Cl)c2)cc1. The second-order valence-electron chi connectivity index (χ2n) is 3.31. The van der Waals surface area contributed by atoms with Crippen LogP contribution in [-0.4, -0.2) is 5.11 Å². The van der Waals surface area contributed by atoms with Gasteiger partial charge in [0.05, 0.1) is 16.4 Å². The molecule has 17 heavy (non-hydrogen) atoms. The number of azo groups is 1. The Bertz CT molecular complexity index is 555. The third-order valence-electron chi connectivity index (χ3n) is 2.03. The van der Waals surface area contributed by atoms with E-state index in [9.17, 15) is 4.39 Å². The summed E-state index contributed by atoms with van der Waals surface area (Å²) in [5.41, 5.74) is 1.05. The molecule has 0 saturated heterocycles. The summed E-state index contributed by atoms with van der Waals surface area (Å²) in [5, 5.41) is 16.9. The van der Waals surface area contributed by atoms with Crippen LogP contribution in [0.15, 0.2) is 52.7 Å². The molecule has 1 N–H and O–H groups in total. The van der Waals surface area contributed by atoms with Crippen LogP contribution in [0.3, 0.4) is 0 Å². The van der Waals surface area contributed by atoms with Crippen LogP contribution in [0.2, 0.25) is 5.02 Å². The summed E-state index contributed by atoms with van der Waals surface area (Å²) in [6.07, 6.45) is 0. The smallest absolute Gasteiger partial charge is 0.141 e. The van der Waals surface area contributed by atoms with Crippen molar-refractivity contribution in [2.75, 3.05) is 0 Å². The molecule has 0 aliphatic carbocycles.